The Morgan fingerprint density at radius 3 is 0.932 bits per heavy atom. The van der Waals surface area contributed by atoms with E-state index in [0.717, 1.165) is 96.7 Å². The van der Waals surface area contributed by atoms with Gasteiger partial charge in [0.15, 0.2) is 0 Å². The zero-order chi connectivity index (χ0) is 54.6. The molecular formula is C58H99NO15. The fraction of sp³-hybridized carbons (Fsp3) is 0.776. The van der Waals surface area contributed by atoms with Gasteiger partial charge < -0.3 is 42.8 Å². The molecule has 426 valence electrons. The van der Waals surface area contributed by atoms with E-state index in [-0.39, 0.29) is 63.0 Å². The van der Waals surface area contributed by atoms with Crippen molar-refractivity contribution in [1.82, 2.24) is 4.90 Å². The number of rotatable bonds is 50. The van der Waals surface area contributed by atoms with Crippen LogP contribution in [0.2, 0.25) is 0 Å². The number of carbonyl (C=O) groups excluding carboxylic acids is 7. The molecule has 0 aromatic rings. The number of hydrogen-bond donors (Lipinski definition) is 0. The number of carbonyl (C=O) groups is 7. The van der Waals surface area contributed by atoms with Gasteiger partial charge in [-0.3, -0.25) is 28.8 Å². The average molecular weight is 1050 g/mol. The first-order valence-corrected chi connectivity index (χ1v) is 28.3. The molecule has 0 aliphatic heterocycles. The van der Waals surface area contributed by atoms with Gasteiger partial charge in [-0.1, -0.05) is 90.3 Å². The van der Waals surface area contributed by atoms with Crippen LogP contribution in [0.3, 0.4) is 0 Å². The van der Waals surface area contributed by atoms with Gasteiger partial charge in [-0.05, 0) is 135 Å². The normalized spacial score (nSPS) is 11.6. The average Bonchev–Trinajstić information content (AvgIpc) is 3.39. The van der Waals surface area contributed by atoms with Gasteiger partial charge in [-0.2, -0.15) is 0 Å². The van der Waals surface area contributed by atoms with Crippen molar-refractivity contribution in [2.24, 2.45) is 5.41 Å². The maximum absolute atomic E-state index is 13.2. The molecule has 0 bridgehead atoms. The highest BCUT2D eigenvalue weighted by molar-refractivity contribution is 5.71. The minimum Gasteiger partial charge on any atom is -0.466 e. The van der Waals surface area contributed by atoms with E-state index < -0.39 is 55.9 Å². The third-order valence-electron chi connectivity index (χ3n) is 11.9. The van der Waals surface area contributed by atoms with Crippen LogP contribution < -0.4 is 0 Å². The fourth-order valence-electron chi connectivity index (χ4n) is 7.27. The molecule has 0 amide bonds. The Hall–Kier alpha value is -4.73. The molecule has 0 heterocycles. The lowest BCUT2D eigenvalue weighted by molar-refractivity contribution is -0.166. The molecule has 0 saturated heterocycles. The highest BCUT2D eigenvalue weighted by Crippen LogP contribution is 2.24. The molecule has 0 aromatic heterocycles. The van der Waals surface area contributed by atoms with Gasteiger partial charge in [0.05, 0.1) is 26.4 Å². The molecule has 0 fully saturated rings. The minimum absolute atomic E-state index is 0.0276. The molecule has 16 nitrogen and oxygen atoms in total. The standard InChI is InChI=1S/C58H99NO15/c1-6-11-14-17-20-32-43-67-51(60)36-26-23-29-39-54(63)71-47-58(50-74-57(66)70-46-35-42-59(9-4)10-5,48-72-55(64)40-30-24-27-37-52(61)68-44-33-21-18-15-12-7-2)49-73-56(65)41-31-25-28-38-53(62)69-45-34-22-19-16-13-8-3/h11-16H,6-10,17-50H2,1-5H3/b14-11-,15-12-,16-13-. The zero-order valence-electron chi connectivity index (χ0n) is 46.6. The molecule has 16 heteroatoms. The lowest BCUT2D eigenvalue weighted by Crippen LogP contribution is -2.44. The second-order valence-electron chi connectivity index (χ2n) is 18.7. The molecule has 0 aromatic carbocycles. The van der Waals surface area contributed by atoms with Crippen molar-refractivity contribution in [1.29, 1.82) is 0 Å². The fourth-order valence-corrected chi connectivity index (χ4v) is 7.27. The van der Waals surface area contributed by atoms with Crippen LogP contribution in [0.1, 0.15) is 214 Å². The summed E-state index contributed by atoms with van der Waals surface area (Å²) in [6.07, 6.45) is 28.9. The van der Waals surface area contributed by atoms with Crippen LogP contribution in [0.5, 0.6) is 0 Å². The summed E-state index contributed by atoms with van der Waals surface area (Å²) in [6, 6.07) is 0. The minimum atomic E-state index is -1.50. The Balaban J connectivity index is 5.63. The molecular weight excluding hydrogens is 951 g/mol. The van der Waals surface area contributed by atoms with Crippen molar-refractivity contribution in [2.45, 2.75) is 214 Å². The summed E-state index contributed by atoms with van der Waals surface area (Å²) >= 11 is 0. The van der Waals surface area contributed by atoms with Crippen LogP contribution in [0.25, 0.3) is 0 Å². The molecule has 0 atom stereocenters. The van der Waals surface area contributed by atoms with Crippen molar-refractivity contribution < 1.29 is 71.5 Å². The third-order valence-corrected chi connectivity index (χ3v) is 11.9. The largest absolute Gasteiger partial charge is 0.508 e. The lowest BCUT2D eigenvalue weighted by Gasteiger charge is -2.31. The van der Waals surface area contributed by atoms with E-state index in [1.807, 2.05) is 13.8 Å². The molecule has 0 radical (unpaired) electrons. The van der Waals surface area contributed by atoms with E-state index in [9.17, 15) is 33.6 Å². The summed E-state index contributed by atoms with van der Waals surface area (Å²) in [5, 5.41) is 0. The van der Waals surface area contributed by atoms with Gasteiger partial charge >= 0.3 is 42.0 Å². The van der Waals surface area contributed by atoms with Crippen LogP contribution in [-0.2, 0) is 66.7 Å². The van der Waals surface area contributed by atoms with Gasteiger partial charge in [0, 0.05) is 45.1 Å². The molecule has 0 saturated carbocycles. The van der Waals surface area contributed by atoms with Crippen LogP contribution in [0.15, 0.2) is 36.5 Å². The number of unbranched alkanes of at least 4 members (excludes halogenated alkanes) is 12. The zero-order valence-corrected chi connectivity index (χ0v) is 46.6. The van der Waals surface area contributed by atoms with Gasteiger partial charge in [0.25, 0.3) is 0 Å². The van der Waals surface area contributed by atoms with E-state index in [1.165, 1.54) is 0 Å². The number of nitrogens with zero attached hydrogens (tertiary/aromatic N) is 1. The van der Waals surface area contributed by atoms with Crippen molar-refractivity contribution in [3.05, 3.63) is 36.5 Å². The van der Waals surface area contributed by atoms with Crippen LogP contribution in [-0.4, -0.2) is 119 Å². The second kappa shape index (κ2) is 50.4. The highest BCUT2D eigenvalue weighted by atomic mass is 16.7. The Morgan fingerprint density at radius 1 is 0.324 bits per heavy atom. The first-order valence-electron chi connectivity index (χ1n) is 28.3. The Labute approximate surface area is 445 Å². The molecule has 0 spiro atoms. The number of ether oxygens (including phenoxy) is 8. The summed E-state index contributed by atoms with van der Waals surface area (Å²) in [7, 11) is 0. The second-order valence-corrected chi connectivity index (χ2v) is 18.7. The molecule has 0 N–H and O–H groups in total. The van der Waals surface area contributed by atoms with Crippen LogP contribution in [0.4, 0.5) is 4.79 Å². The summed E-state index contributed by atoms with van der Waals surface area (Å²) < 4.78 is 44.1. The number of allylic oxidation sites excluding steroid dienone is 6. The quantitative estimate of drug-likeness (QED) is 0.0241. The van der Waals surface area contributed by atoms with Gasteiger partial charge in [-0.25, -0.2) is 4.79 Å². The Morgan fingerprint density at radius 2 is 0.622 bits per heavy atom. The number of esters is 6. The molecule has 74 heavy (non-hydrogen) atoms. The topological polar surface area (TPSA) is 197 Å². The van der Waals surface area contributed by atoms with Gasteiger partial charge in [0.1, 0.15) is 31.8 Å². The SMILES string of the molecule is CC/C=C\CCCCOC(=O)CCCCCC(=O)OCC(COC(=O)CCCCCC(=O)OCCCC/C=C\CC)(COC(=O)CCCCCC(=O)OCCCC/C=C\CC)COC(=O)OCCCN(CC)CC. The maximum Gasteiger partial charge on any atom is 0.508 e. The molecule has 0 aliphatic rings. The van der Waals surface area contributed by atoms with Crippen molar-refractivity contribution in [2.75, 3.05) is 72.5 Å². The molecule has 0 unspecified atom stereocenters. The first kappa shape index (κ1) is 69.3. The predicted molar refractivity (Wildman–Crippen MR) is 287 cm³/mol. The van der Waals surface area contributed by atoms with Crippen LogP contribution in [0, 0.1) is 5.41 Å². The van der Waals surface area contributed by atoms with Crippen LogP contribution >= 0.6 is 0 Å². The van der Waals surface area contributed by atoms with Crippen molar-refractivity contribution in [3.63, 3.8) is 0 Å². The first-order chi connectivity index (χ1) is 35.9. The summed E-state index contributed by atoms with van der Waals surface area (Å²) in [6.45, 7) is 12.3. The smallest absolute Gasteiger partial charge is 0.466 e. The van der Waals surface area contributed by atoms with E-state index in [0.29, 0.717) is 84.0 Å². The summed E-state index contributed by atoms with van der Waals surface area (Å²) in [4.78, 5) is 91.2. The predicted octanol–water partition coefficient (Wildman–Crippen LogP) is 12.4. The van der Waals surface area contributed by atoms with E-state index in [4.69, 9.17) is 37.9 Å². The van der Waals surface area contributed by atoms with E-state index in [2.05, 4.69) is 62.1 Å². The number of hydrogen-bond acceptors (Lipinski definition) is 16. The molecule has 0 rings (SSSR count). The highest BCUT2D eigenvalue weighted by Gasteiger charge is 2.38. The Bertz CT molecular complexity index is 1410. The van der Waals surface area contributed by atoms with Gasteiger partial charge in [0.2, 0.25) is 0 Å². The molecule has 0 aliphatic carbocycles. The summed E-state index contributed by atoms with van der Waals surface area (Å²) in [5.74, 6) is -2.55. The lowest BCUT2D eigenvalue weighted by atomic mass is 9.92. The Kier molecular flexibility index (Phi) is 47.2. The maximum atomic E-state index is 13.2. The van der Waals surface area contributed by atoms with Crippen molar-refractivity contribution in [3.8, 4) is 0 Å². The van der Waals surface area contributed by atoms with Gasteiger partial charge in [-0.15, -0.1) is 0 Å². The monoisotopic (exact) mass is 1050 g/mol. The summed E-state index contributed by atoms with van der Waals surface area (Å²) in [5.41, 5.74) is -1.50. The van der Waals surface area contributed by atoms with E-state index >= 15 is 0 Å². The van der Waals surface area contributed by atoms with E-state index in [1.54, 1.807) is 0 Å². The van der Waals surface area contributed by atoms with Crippen molar-refractivity contribution >= 4 is 42.0 Å². The third kappa shape index (κ3) is 44.7.